The van der Waals surface area contributed by atoms with Crippen LogP contribution in [0.5, 0.6) is 0 Å². The summed E-state index contributed by atoms with van der Waals surface area (Å²) in [4.78, 5) is 10.6. The molecule has 1 rings (SSSR count). The Kier molecular flexibility index (Phi) is 2.84. The van der Waals surface area contributed by atoms with Gasteiger partial charge in [-0.25, -0.2) is 0 Å². The summed E-state index contributed by atoms with van der Waals surface area (Å²) in [6.45, 7) is -0.422. The minimum atomic E-state index is -0.422. The van der Waals surface area contributed by atoms with Crippen molar-refractivity contribution in [1.29, 1.82) is 0 Å². The highest BCUT2D eigenvalue weighted by molar-refractivity contribution is 5.77. The van der Waals surface area contributed by atoms with E-state index >= 15 is 0 Å². The summed E-state index contributed by atoms with van der Waals surface area (Å²) in [5.74, 6) is -0.301. The molecule has 0 aromatic carbocycles. The molecule has 0 saturated heterocycles. The van der Waals surface area contributed by atoms with Gasteiger partial charge in [-0.2, -0.15) is 0 Å². The van der Waals surface area contributed by atoms with Gasteiger partial charge in [-0.1, -0.05) is 0 Å². The maximum atomic E-state index is 10.6. The maximum absolute atomic E-state index is 10.6. The molecule has 0 unspecified atom stereocenters. The molecule has 1 aliphatic rings. The molecule has 0 aromatic heterocycles. The highest BCUT2D eigenvalue weighted by Crippen LogP contribution is 2.22. The average Bonchev–Trinajstić information content (AvgIpc) is 1.95. The van der Waals surface area contributed by atoms with Crippen molar-refractivity contribution in [3.63, 3.8) is 0 Å². The molecule has 64 valence electrons. The molecule has 1 fully saturated rings. The van der Waals surface area contributed by atoms with Crippen LogP contribution in [0, 0.1) is 0 Å². The molecule has 4 heteroatoms. The van der Waals surface area contributed by atoms with E-state index in [4.69, 9.17) is 9.84 Å². The lowest BCUT2D eigenvalue weighted by molar-refractivity contribution is -0.126. The first kappa shape index (κ1) is 8.49. The topological polar surface area (TPSA) is 58.6 Å². The molecule has 0 aliphatic heterocycles. The zero-order chi connectivity index (χ0) is 8.27. The number of hydrogen-bond donors (Lipinski definition) is 2. The summed E-state index contributed by atoms with van der Waals surface area (Å²) in [5, 5.41) is 11.0. The Balaban J connectivity index is 2.08. The summed E-state index contributed by atoms with van der Waals surface area (Å²) < 4.78 is 5.02. The quantitative estimate of drug-likeness (QED) is 0.571. The van der Waals surface area contributed by atoms with E-state index in [0.717, 1.165) is 12.8 Å². The fraction of sp³-hybridized carbons (Fsp3) is 0.857. The predicted octanol–water partition coefficient (Wildman–Crippen LogP) is -0.728. The molecule has 1 aliphatic carbocycles. The Morgan fingerprint density at radius 2 is 2.36 bits per heavy atom. The SMILES string of the molecule is COC1CC(NC(=O)CO)C1. The fourth-order valence-corrected chi connectivity index (χ4v) is 1.15. The van der Waals surface area contributed by atoms with Gasteiger partial charge in [0.05, 0.1) is 6.10 Å². The van der Waals surface area contributed by atoms with Crippen molar-refractivity contribution < 1.29 is 14.6 Å². The molecular formula is C7H13NO3. The lowest BCUT2D eigenvalue weighted by Gasteiger charge is -2.34. The molecule has 2 N–H and O–H groups in total. The van der Waals surface area contributed by atoms with Gasteiger partial charge in [-0.3, -0.25) is 4.79 Å². The Labute approximate surface area is 65.5 Å². The van der Waals surface area contributed by atoms with Crippen LogP contribution < -0.4 is 5.32 Å². The average molecular weight is 159 g/mol. The standard InChI is InChI=1S/C7H13NO3/c1-11-6-2-5(3-6)8-7(10)4-9/h5-6,9H,2-4H2,1H3,(H,8,10). The van der Waals surface area contributed by atoms with Gasteiger partial charge >= 0.3 is 0 Å². The van der Waals surface area contributed by atoms with Gasteiger partial charge in [0.2, 0.25) is 5.91 Å². The van der Waals surface area contributed by atoms with E-state index < -0.39 is 6.61 Å². The van der Waals surface area contributed by atoms with Crippen molar-refractivity contribution in [2.45, 2.75) is 25.0 Å². The predicted molar refractivity (Wildman–Crippen MR) is 39.0 cm³/mol. The van der Waals surface area contributed by atoms with E-state index in [1.807, 2.05) is 0 Å². The molecular weight excluding hydrogens is 146 g/mol. The highest BCUT2D eigenvalue weighted by Gasteiger charge is 2.29. The number of aliphatic hydroxyl groups is 1. The van der Waals surface area contributed by atoms with Gasteiger partial charge in [0.25, 0.3) is 0 Å². The first-order valence-corrected chi connectivity index (χ1v) is 3.69. The number of methoxy groups -OCH3 is 1. The zero-order valence-corrected chi connectivity index (χ0v) is 6.54. The third-order valence-electron chi connectivity index (χ3n) is 1.94. The normalized spacial score (nSPS) is 29.3. The van der Waals surface area contributed by atoms with Crippen LogP contribution in [-0.2, 0) is 9.53 Å². The zero-order valence-electron chi connectivity index (χ0n) is 6.54. The van der Waals surface area contributed by atoms with Gasteiger partial charge < -0.3 is 15.2 Å². The monoisotopic (exact) mass is 159 g/mol. The molecule has 0 spiro atoms. The summed E-state index contributed by atoms with van der Waals surface area (Å²) in [6, 6.07) is 0.208. The fourth-order valence-electron chi connectivity index (χ4n) is 1.15. The van der Waals surface area contributed by atoms with Crippen LogP contribution in [0.25, 0.3) is 0 Å². The summed E-state index contributed by atoms with van der Waals surface area (Å²) in [6.07, 6.45) is 2.02. The van der Waals surface area contributed by atoms with Gasteiger partial charge in [0, 0.05) is 13.2 Å². The molecule has 0 atom stereocenters. The van der Waals surface area contributed by atoms with Crippen LogP contribution in [0.1, 0.15) is 12.8 Å². The van der Waals surface area contributed by atoms with Crippen molar-refractivity contribution in [3.05, 3.63) is 0 Å². The van der Waals surface area contributed by atoms with Crippen LogP contribution >= 0.6 is 0 Å². The van der Waals surface area contributed by atoms with Crippen LogP contribution in [0.4, 0.5) is 0 Å². The second-order valence-corrected chi connectivity index (χ2v) is 2.75. The van der Waals surface area contributed by atoms with Gasteiger partial charge in [0.1, 0.15) is 6.61 Å². The molecule has 0 aromatic rings. The lowest BCUT2D eigenvalue weighted by atomic mass is 9.89. The minimum absolute atomic E-state index is 0.208. The van der Waals surface area contributed by atoms with Crippen LogP contribution in [0.15, 0.2) is 0 Å². The number of amides is 1. The number of carbonyl (C=O) groups excluding carboxylic acids is 1. The van der Waals surface area contributed by atoms with Gasteiger partial charge in [0.15, 0.2) is 0 Å². The third kappa shape index (κ3) is 2.17. The maximum Gasteiger partial charge on any atom is 0.245 e. The number of nitrogens with one attached hydrogen (secondary N) is 1. The lowest BCUT2D eigenvalue weighted by Crippen LogP contribution is -2.48. The van der Waals surface area contributed by atoms with Gasteiger partial charge in [-0.15, -0.1) is 0 Å². The Morgan fingerprint density at radius 3 is 2.82 bits per heavy atom. The Bertz CT molecular complexity index is 143. The largest absolute Gasteiger partial charge is 0.387 e. The van der Waals surface area contributed by atoms with E-state index in [9.17, 15) is 4.79 Å². The number of carbonyl (C=O) groups is 1. The number of hydrogen-bond acceptors (Lipinski definition) is 3. The third-order valence-corrected chi connectivity index (χ3v) is 1.94. The van der Waals surface area contributed by atoms with Crippen molar-refractivity contribution in [3.8, 4) is 0 Å². The van der Waals surface area contributed by atoms with Gasteiger partial charge in [-0.05, 0) is 12.8 Å². The molecule has 11 heavy (non-hydrogen) atoms. The first-order valence-electron chi connectivity index (χ1n) is 3.69. The number of rotatable bonds is 3. The molecule has 0 radical (unpaired) electrons. The molecule has 1 amide bonds. The van der Waals surface area contributed by atoms with Crippen molar-refractivity contribution in [1.82, 2.24) is 5.32 Å². The number of ether oxygens (including phenoxy) is 1. The Morgan fingerprint density at radius 1 is 1.73 bits per heavy atom. The van der Waals surface area contributed by atoms with E-state index in [-0.39, 0.29) is 11.9 Å². The summed E-state index contributed by atoms with van der Waals surface area (Å²) in [7, 11) is 1.66. The smallest absolute Gasteiger partial charge is 0.245 e. The minimum Gasteiger partial charge on any atom is -0.387 e. The van der Waals surface area contributed by atoms with Crippen LogP contribution in [0.2, 0.25) is 0 Å². The van der Waals surface area contributed by atoms with Crippen molar-refractivity contribution >= 4 is 5.91 Å². The molecule has 0 heterocycles. The van der Waals surface area contributed by atoms with E-state index in [0.29, 0.717) is 6.10 Å². The van der Waals surface area contributed by atoms with Crippen LogP contribution in [-0.4, -0.2) is 36.9 Å². The second-order valence-electron chi connectivity index (χ2n) is 2.75. The number of aliphatic hydroxyl groups excluding tert-OH is 1. The molecule has 4 nitrogen and oxygen atoms in total. The van der Waals surface area contributed by atoms with Crippen molar-refractivity contribution in [2.24, 2.45) is 0 Å². The van der Waals surface area contributed by atoms with Crippen LogP contribution in [0.3, 0.4) is 0 Å². The summed E-state index contributed by atoms with van der Waals surface area (Å²) in [5.41, 5.74) is 0. The van der Waals surface area contributed by atoms with E-state index in [1.54, 1.807) is 7.11 Å². The second kappa shape index (κ2) is 3.69. The summed E-state index contributed by atoms with van der Waals surface area (Å²) >= 11 is 0. The van der Waals surface area contributed by atoms with E-state index in [1.165, 1.54) is 0 Å². The first-order chi connectivity index (χ1) is 5.26. The molecule has 1 saturated carbocycles. The van der Waals surface area contributed by atoms with Crippen molar-refractivity contribution in [2.75, 3.05) is 13.7 Å². The van der Waals surface area contributed by atoms with E-state index in [2.05, 4.69) is 5.32 Å². The molecule has 0 bridgehead atoms. The highest BCUT2D eigenvalue weighted by atomic mass is 16.5. The Hall–Kier alpha value is -0.610.